The summed E-state index contributed by atoms with van der Waals surface area (Å²) in [6, 6.07) is 11.9. The third kappa shape index (κ3) is 3.89. The van der Waals surface area contributed by atoms with E-state index in [0.717, 1.165) is 9.78 Å². The van der Waals surface area contributed by atoms with Gasteiger partial charge in [0.05, 0.1) is 25.9 Å². The van der Waals surface area contributed by atoms with Gasteiger partial charge in [-0.25, -0.2) is 4.79 Å². The van der Waals surface area contributed by atoms with Crippen LogP contribution in [0.3, 0.4) is 0 Å². The molecule has 3 rings (SSSR count). The second kappa shape index (κ2) is 7.77. The summed E-state index contributed by atoms with van der Waals surface area (Å²) in [6.45, 7) is 2.08. The van der Waals surface area contributed by atoms with Gasteiger partial charge >= 0.3 is 6.03 Å². The SMILES string of the molecule is CC1C(=O)N(CC(O)COCc2cccs2)C(=O)N1c1ccccc1. The van der Waals surface area contributed by atoms with Crippen LogP contribution in [0.4, 0.5) is 10.5 Å². The molecule has 1 aliphatic heterocycles. The lowest BCUT2D eigenvalue weighted by molar-refractivity contribution is -0.128. The van der Waals surface area contributed by atoms with E-state index in [1.165, 1.54) is 4.90 Å². The standard InChI is InChI=1S/C18H20N2O4S/c1-13-17(22)19(18(23)20(13)14-6-3-2-4-7-14)10-15(21)11-24-12-16-8-5-9-25-16/h2-9,13,15,21H,10-12H2,1H3. The van der Waals surface area contributed by atoms with Crippen LogP contribution in [0, 0.1) is 0 Å². The van der Waals surface area contributed by atoms with Crippen molar-refractivity contribution < 1.29 is 19.4 Å². The Hall–Kier alpha value is -2.22. The normalized spacial score (nSPS) is 18.9. The summed E-state index contributed by atoms with van der Waals surface area (Å²) in [4.78, 5) is 28.6. The highest BCUT2D eigenvalue weighted by Gasteiger charge is 2.43. The molecule has 1 fully saturated rings. The molecule has 1 aromatic carbocycles. The van der Waals surface area contributed by atoms with E-state index in [9.17, 15) is 14.7 Å². The van der Waals surface area contributed by atoms with Crippen LogP contribution in [0.25, 0.3) is 0 Å². The minimum atomic E-state index is -0.921. The maximum absolute atomic E-state index is 12.6. The Morgan fingerprint density at radius 3 is 2.64 bits per heavy atom. The molecule has 0 aliphatic carbocycles. The molecule has 0 saturated carbocycles. The number of urea groups is 1. The number of rotatable bonds is 7. The molecule has 1 aromatic heterocycles. The van der Waals surface area contributed by atoms with Gasteiger partial charge in [-0.1, -0.05) is 24.3 Å². The smallest absolute Gasteiger partial charge is 0.332 e. The van der Waals surface area contributed by atoms with Crippen molar-refractivity contribution in [3.63, 3.8) is 0 Å². The average Bonchev–Trinajstić information content (AvgIpc) is 3.19. The van der Waals surface area contributed by atoms with Crippen LogP contribution >= 0.6 is 11.3 Å². The summed E-state index contributed by atoms with van der Waals surface area (Å²) < 4.78 is 5.46. The Morgan fingerprint density at radius 1 is 1.20 bits per heavy atom. The van der Waals surface area contributed by atoms with Crippen molar-refractivity contribution in [3.05, 3.63) is 52.7 Å². The highest BCUT2D eigenvalue weighted by molar-refractivity contribution is 7.09. The first-order valence-electron chi connectivity index (χ1n) is 8.05. The zero-order valence-corrected chi connectivity index (χ0v) is 14.7. The first-order valence-corrected chi connectivity index (χ1v) is 8.93. The molecule has 1 N–H and O–H groups in total. The minimum Gasteiger partial charge on any atom is -0.389 e. The highest BCUT2D eigenvalue weighted by atomic mass is 32.1. The van der Waals surface area contributed by atoms with Crippen molar-refractivity contribution in [2.24, 2.45) is 0 Å². The van der Waals surface area contributed by atoms with Crippen molar-refractivity contribution in [3.8, 4) is 0 Å². The highest BCUT2D eigenvalue weighted by Crippen LogP contribution is 2.25. The predicted molar refractivity (Wildman–Crippen MR) is 95.5 cm³/mol. The number of β-amino-alcohol motifs (C(OH)–C–C–N with tert-alkyl or cyclic N) is 1. The van der Waals surface area contributed by atoms with E-state index in [2.05, 4.69) is 0 Å². The Kier molecular flexibility index (Phi) is 5.47. The topological polar surface area (TPSA) is 70.1 Å². The van der Waals surface area contributed by atoms with Gasteiger partial charge in [-0.3, -0.25) is 14.6 Å². The predicted octanol–water partition coefficient (Wildman–Crippen LogP) is 2.48. The fourth-order valence-electron chi connectivity index (χ4n) is 2.77. The van der Waals surface area contributed by atoms with Gasteiger partial charge in [0.2, 0.25) is 0 Å². The van der Waals surface area contributed by atoms with Gasteiger partial charge in [-0.15, -0.1) is 11.3 Å². The molecule has 1 saturated heterocycles. The van der Waals surface area contributed by atoms with E-state index in [1.807, 2.05) is 35.7 Å². The van der Waals surface area contributed by atoms with Crippen LogP contribution in [-0.4, -0.2) is 47.2 Å². The van der Waals surface area contributed by atoms with Crippen LogP contribution in [-0.2, 0) is 16.1 Å². The Balaban J connectivity index is 1.58. The number of aliphatic hydroxyl groups is 1. The summed E-state index contributed by atoms with van der Waals surface area (Å²) >= 11 is 1.57. The van der Waals surface area contributed by atoms with Crippen molar-refractivity contribution in [1.29, 1.82) is 0 Å². The van der Waals surface area contributed by atoms with Crippen LogP contribution in [0.5, 0.6) is 0 Å². The second-order valence-corrected chi connectivity index (χ2v) is 6.89. The minimum absolute atomic E-state index is 0.0642. The number of thiophene rings is 1. The van der Waals surface area contributed by atoms with E-state index in [0.29, 0.717) is 12.3 Å². The molecular weight excluding hydrogens is 340 g/mol. The largest absolute Gasteiger partial charge is 0.389 e. The fourth-order valence-corrected chi connectivity index (χ4v) is 3.41. The number of hydrogen-bond acceptors (Lipinski definition) is 5. The third-order valence-corrected chi connectivity index (χ3v) is 4.86. The number of para-hydroxylation sites is 1. The molecule has 132 valence electrons. The number of carbonyl (C=O) groups is 2. The number of hydrogen-bond donors (Lipinski definition) is 1. The van der Waals surface area contributed by atoms with E-state index in [4.69, 9.17) is 4.74 Å². The van der Waals surface area contributed by atoms with Gasteiger partial charge in [-0.05, 0) is 30.5 Å². The van der Waals surface area contributed by atoms with Crippen molar-refractivity contribution in [2.75, 3.05) is 18.1 Å². The molecule has 25 heavy (non-hydrogen) atoms. The molecule has 0 bridgehead atoms. The van der Waals surface area contributed by atoms with Gasteiger partial charge in [0, 0.05) is 10.6 Å². The first-order chi connectivity index (χ1) is 12.1. The second-order valence-electron chi connectivity index (χ2n) is 5.86. The molecule has 2 atom stereocenters. The molecule has 0 radical (unpaired) electrons. The maximum Gasteiger partial charge on any atom is 0.332 e. The zero-order valence-electron chi connectivity index (χ0n) is 13.9. The average molecular weight is 360 g/mol. The summed E-state index contributed by atoms with van der Waals surface area (Å²) in [5.41, 5.74) is 0.666. The molecule has 2 unspecified atom stereocenters. The molecule has 7 heteroatoms. The Bertz CT molecular complexity index is 720. The molecular formula is C18H20N2O4S. The number of imide groups is 1. The number of nitrogens with zero attached hydrogens (tertiary/aromatic N) is 2. The number of amides is 3. The first kappa shape index (κ1) is 17.6. The van der Waals surface area contributed by atoms with Gasteiger partial charge in [0.15, 0.2) is 0 Å². The van der Waals surface area contributed by atoms with Crippen molar-refractivity contribution in [2.45, 2.75) is 25.7 Å². The third-order valence-electron chi connectivity index (χ3n) is 4.01. The Morgan fingerprint density at radius 2 is 1.96 bits per heavy atom. The van der Waals surface area contributed by atoms with Gasteiger partial charge in [0.1, 0.15) is 6.04 Å². The summed E-state index contributed by atoms with van der Waals surface area (Å²) in [5, 5.41) is 12.1. The molecule has 2 heterocycles. The Labute approximate surface area is 150 Å². The van der Waals surface area contributed by atoms with Crippen LogP contribution in [0.15, 0.2) is 47.8 Å². The van der Waals surface area contributed by atoms with Crippen molar-refractivity contribution in [1.82, 2.24) is 4.90 Å². The molecule has 6 nitrogen and oxygen atoms in total. The maximum atomic E-state index is 12.6. The zero-order chi connectivity index (χ0) is 17.8. The number of aliphatic hydroxyl groups excluding tert-OH is 1. The number of anilines is 1. The van der Waals surface area contributed by atoms with E-state index < -0.39 is 18.2 Å². The lowest BCUT2D eigenvalue weighted by atomic mass is 10.2. The molecule has 2 aromatic rings. The van der Waals surface area contributed by atoms with E-state index in [1.54, 1.807) is 30.4 Å². The monoisotopic (exact) mass is 360 g/mol. The summed E-state index contributed by atoms with van der Waals surface area (Å²) in [7, 11) is 0. The number of benzene rings is 1. The summed E-state index contributed by atoms with van der Waals surface area (Å²) in [5.74, 6) is -0.314. The van der Waals surface area contributed by atoms with Gasteiger partial charge in [-0.2, -0.15) is 0 Å². The van der Waals surface area contributed by atoms with Crippen LogP contribution in [0.1, 0.15) is 11.8 Å². The van der Waals surface area contributed by atoms with E-state index >= 15 is 0 Å². The molecule has 0 spiro atoms. The fraction of sp³-hybridized carbons (Fsp3) is 0.333. The number of carbonyl (C=O) groups excluding carboxylic acids is 2. The summed E-state index contributed by atoms with van der Waals surface area (Å²) in [6.07, 6.45) is -0.921. The lowest BCUT2D eigenvalue weighted by Crippen LogP contribution is -2.40. The number of ether oxygens (including phenoxy) is 1. The molecule has 1 aliphatic rings. The van der Waals surface area contributed by atoms with Crippen LogP contribution < -0.4 is 4.90 Å². The molecule has 3 amide bonds. The van der Waals surface area contributed by atoms with Crippen molar-refractivity contribution >= 4 is 29.0 Å². The van der Waals surface area contributed by atoms with E-state index in [-0.39, 0.29) is 19.1 Å². The van der Waals surface area contributed by atoms with Crippen LogP contribution in [0.2, 0.25) is 0 Å². The van der Waals surface area contributed by atoms with Gasteiger partial charge in [0.25, 0.3) is 5.91 Å². The van der Waals surface area contributed by atoms with Gasteiger partial charge < -0.3 is 9.84 Å². The lowest BCUT2D eigenvalue weighted by Gasteiger charge is -2.20. The quantitative estimate of drug-likeness (QED) is 0.770.